The van der Waals surface area contributed by atoms with E-state index < -0.39 is 20.0 Å². The van der Waals surface area contributed by atoms with E-state index in [1.807, 2.05) is 33.3 Å². The number of nitrogens with zero attached hydrogens (tertiary/aromatic N) is 1. The van der Waals surface area contributed by atoms with Crippen LogP contribution in [0, 0.1) is 0 Å². The Labute approximate surface area is 459 Å². The van der Waals surface area contributed by atoms with Crippen molar-refractivity contribution in [3.05, 3.63) is 36.5 Å². The molecule has 1 amide bonds. The van der Waals surface area contributed by atoms with Gasteiger partial charge in [0.25, 0.3) is 0 Å². The van der Waals surface area contributed by atoms with Gasteiger partial charge in [-0.25, -0.2) is 4.57 Å². The molecule has 0 radical (unpaired) electrons. The van der Waals surface area contributed by atoms with Crippen molar-refractivity contribution in [2.24, 2.45) is 0 Å². The Morgan fingerprint density at radius 1 is 0.473 bits per heavy atom. The van der Waals surface area contributed by atoms with Crippen LogP contribution in [-0.4, -0.2) is 74.3 Å². The van der Waals surface area contributed by atoms with Gasteiger partial charge in [-0.2, -0.15) is 0 Å². The van der Waals surface area contributed by atoms with Gasteiger partial charge in [0.15, 0.2) is 0 Å². The van der Waals surface area contributed by atoms with Gasteiger partial charge < -0.3 is 19.4 Å². The first-order valence-electron chi connectivity index (χ1n) is 31.8. The molecule has 0 aliphatic rings. The number of ether oxygens (including phenoxy) is 1. The molecule has 0 saturated heterocycles. The first-order valence-corrected chi connectivity index (χ1v) is 33.3. The molecular weight excluding hydrogens is 940 g/mol. The lowest BCUT2D eigenvalue weighted by Gasteiger charge is -2.27. The van der Waals surface area contributed by atoms with E-state index in [0.717, 1.165) is 64.2 Å². The lowest BCUT2D eigenvalue weighted by Crippen LogP contribution is -2.47. The van der Waals surface area contributed by atoms with Gasteiger partial charge in [-0.1, -0.05) is 269 Å². The number of phosphoric acid groups is 1. The molecular formula is C64H124N2O7P+. The smallest absolute Gasteiger partial charge is 0.456 e. The molecule has 436 valence electrons. The fourth-order valence-corrected chi connectivity index (χ4v) is 10.1. The standard InChI is InChI=1S/C64H123N2O7P/c1-7-10-13-16-19-22-25-28-30-32-33-34-36-39-42-45-48-51-54-57-64(68)73-62(55-52-49-46-43-40-37-27-24-21-18-15-12-9-3)61(60-72-74(69,70)71-59-58-66(4,5)6)65-63(67)56-53-50-47-44-41-38-35-31-29-26-23-20-17-14-11-8-2/h19,22,28,30,52,55,61-62H,7-18,20-21,23-27,29,31-51,53-54,56-60H2,1-6H3,(H-,65,67,69,70)/p+1/b22-19-,30-28-,55-52+. The minimum Gasteiger partial charge on any atom is -0.456 e. The number of carbonyl (C=O) groups excluding carboxylic acids is 2. The van der Waals surface area contributed by atoms with Crippen LogP contribution in [0.5, 0.6) is 0 Å². The molecule has 0 rings (SSSR count). The Balaban J connectivity index is 5.25. The van der Waals surface area contributed by atoms with Crippen LogP contribution in [0.15, 0.2) is 36.5 Å². The highest BCUT2D eigenvalue weighted by atomic mass is 31.2. The molecule has 0 fully saturated rings. The van der Waals surface area contributed by atoms with Gasteiger partial charge in [0, 0.05) is 12.8 Å². The second-order valence-electron chi connectivity index (χ2n) is 22.9. The SMILES string of the molecule is CCCCC/C=C\C/C=C\CCCCCCCCCCCC(=O)OC(/C=C/CCCCCCCCCCCCC)C(COP(=O)(O)OCC[N+](C)(C)C)NC(=O)CCCCCCCCCCCCCCCCCC. The Morgan fingerprint density at radius 2 is 0.824 bits per heavy atom. The van der Waals surface area contributed by atoms with Crippen molar-refractivity contribution < 1.29 is 37.3 Å². The lowest BCUT2D eigenvalue weighted by molar-refractivity contribution is -0.870. The largest absolute Gasteiger partial charge is 0.472 e. The van der Waals surface area contributed by atoms with Gasteiger partial charge in [-0.15, -0.1) is 0 Å². The Bertz CT molecular complexity index is 1360. The Hall–Kier alpha value is -1.77. The van der Waals surface area contributed by atoms with E-state index in [2.05, 4.69) is 50.4 Å². The summed E-state index contributed by atoms with van der Waals surface area (Å²) in [5.74, 6) is -0.495. The van der Waals surface area contributed by atoms with Crippen LogP contribution in [0.1, 0.15) is 310 Å². The van der Waals surface area contributed by atoms with Crippen molar-refractivity contribution in [3.8, 4) is 0 Å². The molecule has 0 saturated carbocycles. The molecule has 0 aromatic rings. The molecule has 9 nitrogen and oxygen atoms in total. The third-order valence-corrected chi connectivity index (χ3v) is 15.3. The van der Waals surface area contributed by atoms with E-state index in [9.17, 15) is 19.0 Å². The average Bonchev–Trinajstić information content (AvgIpc) is 3.36. The van der Waals surface area contributed by atoms with Crippen LogP contribution in [0.3, 0.4) is 0 Å². The number of nitrogens with one attached hydrogen (secondary N) is 1. The molecule has 0 spiro atoms. The summed E-state index contributed by atoms with van der Waals surface area (Å²) < 4.78 is 30.7. The predicted molar refractivity (Wildman–Crippen MR) is 319 cm³/mol. The number of carbonyl (C=O) groups is 2. The summed E-state index contributed by atoms with van der Waals surface area (Å²) >= 11 is 0. The van der Waals surface area contributed by atoms with Crippen LogP contribution < -0.4 is 5.32 Å². The van der Waals surface area contributed by atoms with Crippen LogP contribution in [0.25, 0.3) is 0 Å². The summed E-state index contributed by atoms with van der Waals surface area (Å²) in [4.78, 5) is 37.7. The summed E-state index contributed by atoms with van der Waals surface area (Å²) in [5, 5.41) is 3.06. The van der Waals surface area contributed by atoms with Gasteiger partial charge in [0.2, 0.25) is 5.91 Å². The molecule has 2 N–H and O–H groups in total. The number of unbranched alkanes of at least 4 members (excludes halogenated alkanes) is 38. The van der Waals surface area contributed by atoms with Crippen LogP contribution >= 0.6 is 7.82 Å². The van der Waals surface area contributed by atoms with Crippen LogP contribution in [-0.2, 0) is 27.9 Å². The van der Waals surface area contributed by atoms with Crippen molar-refractivity contribution in [1.82, 2.24) is 5.32 Å². The number of phosphoric ester groups is 1. The third kappa shape index (κ3) is 55.0. The maximum absolute atomic E-state index is 13.5. The summed E-state index contributed by atoms with van der Waals surface area (Å²) in [5.41, 5.74) is 0. The van der Waals surface area contributed by atoms with Crippen LogP contribution in [0.4, 0.5) is 0 Å². The fourth-order valence-electron chi connectivity index (χ4n) is 9.38. The highest BCUT2D eigenvalue weighted by Gasteiger charge is 2.30. The minimum absolute atomic E-state index is 0.0421. The van der Waals surface area contributed by atoms with Gasteiger partial charge in [0.1, 0.15) is 19.3 Å². The monoisotopic (exact) mass is 1060 g/mol. The fraction of sp³-hybridized carbons (Fsp3) is 0.875. The third-order valence-electron chi connectivity index (χ3n) is 14.3. The zero-order valence-electron chi connectivity index (χ0n) is 49.9. The number of rotatable bonds is 58. The Kier molecular flexibility index (Phi) is 53.3. The number of likely N-dealkylation sites (N-methyl/N-ethyl adjacent to an activating group) is 1. The highest BCUT2D eigenvalue weighted by molar-refractivity contribution is 7.47. The maximum atomic E-state index is 13.5. The first kappa shape index (κ1) is 72.2. The maximum Gasteiger partial charge on any atom is 0.472 e. The predicted octanol–water partition coefficient (Wildman–Crippen LogP) is 19.5. The van der Waals surface area contributed by atoms with E-state index in [1.165, 1.54) is 212 Å². The number of quaternary nitrogens is 1. The second kappa shape index (κ2) is 54.6. The van der Waals surface area contributed by atoms with Crippen molar-refractivity contribution >= 4 is 19.7 Å². The van der Waals surface area contributed by atoms with E-state index >= 15 is 0 Å². The first-order chi connectivity index (χ1) is 35.9. The molecule has 3 atom stereocenters. The topological polar surface area (TPSA) is 111 Å². The zero-order valence-corrected chi connectivity index (χ0v) is 50.7. The molecule has 0 aliphatic heterocycles. The molecule has 10 heteroatoms. The molecule has 0 heterocycles. The molecule has 0 aromatic carbocycles. The van der Waals surface area contributed by atoms with Crippen molar-refractivity contribution in [3.63, 3.8) is 0 Å². The van der Waals surface area contributed by atoms with Crippen LogP contribution in [0.2, 0.25) is 0 Å². The molecule has 0 aliphatic carbocycles. The van der Waals surface area contributed by atoms with Gasteiger partial charge in [-0.05, 0) is 63.9 Å². The quantitative estimate of drug-likeness (QED) is 0.0205. The van der Waals surface area contributed by atoms with E-state index in [0.29, 0.717) is 23.9 Å². The number of hydrogen-bond acceptors (Lipinski definition) is 6. The number of amides is 1. The van der Waals surface area contributed by atoms with Crippen molar-refractivity contribution in [2.75, 3.05) is 40.9 Å². The summed E-state index contributed by atoms with van der Waals surface area (Å²) in [6.45, 7) is 7.03. The summed E-state index contributed by atoms with van der Waals surface area (Å²) in [7, 11) is 1.51. The summed E-state index contributed by atoms with van der Waals surface area (Å²) in [6, 6.07) is -0.846. The highest BCUT2D eigenvalue weighted by Crippen LogP contribution is 2.43. The molecule has 0 bridgehead atoms. The second-order valence-corrected chi connectivity index (χ2v) is 24.4. The lowest BCUT2D eigenvalue weighted by atomic mass is 10.0. The van der Waals surface area contributed by atoms with Gasteiger partial charge in [-0.3, -0.25) is 18.6 Å². The number of allylic oxidation sites excluding steroid dienone is 5. The molecule has 3 unspecified atom stereocenters. The summed E-state index contributed by atoms with van der Waals surface area (Å²) in [6.07, 6.45) is 65.6. The zero-order chi connectivity index (χ0) is 54.3. The normalized spacial score (nSPS) is 13.9. The molecule has 0 aromatic heterocycles. The minimum atomic E-state index is -4.45. The van der Waals surface area contributed by atoms with E-state index in [4.69, 9.17) is 13.8 Å². The van der Waals surface area contributed by atoms with Crippen molar-refractivity contribution in [2.45, 2.75) is 322 Å². The Morgan fingerprint density at radius 3 is 1.24 bits per heavy atom. The molecule has 74 heavy (non-hydrogen) atoms. The number of esters is 1. The van der Waals surface area contributed by atoms with E-state index in [-0.39, 0.29) is 25.1 Å². The average molecular weight is 1060 g/mol. The van der Waals surface area contributed by atoms with E-state index in [1.54, 1.807) is 0 Å². The van der Waals surface area contributed by atoms with Gasteiger partial charge in [0.05, 0.1) is 33.8 Å². The van der Waals surface area contributed by atoms with Crippen molar-refractivity contribution in [1.29, 1.82) is 0 Å². The van der Waals surface area contributed by atoms with Gasteiger partial charge >= 0.3 is 13.8 Å². The number of hydrogen-bond donors (Lipinski definition) is 2.